The summed E-state index contributed by atoms with van der Waals surface area (Å²) in [6, 6.07) is 11.0. The molecular weight excluding hydrogens is 272 g/mol. The maximum atomic E-state index is 13.9. The summed E-state index contributed by atoms with van der Waals surface area (Å²) < 4.78 is 31.9. The molecule has 112 valence electrons. The molecule has 1 N–H and O–H groups in total. The Kier molecular flexibility index (Phi) is 5.28. The van der Waals surface area contributed by atoms with Crippen LogP contribution in [0.3, 0.4) is 0 Å². The fourth-order valence-electron chi connectivity index (χ4n) is 2.30. The van der Waals surface area contributed by atoms with Crippen LogP contribution in [0.5, 0.6) is 5.75 Å². The molecule has 2 aromatic rings. The van der Waals surface area contributed by atoms with Crippen LogP contribution in [0.15, 0.2) is 42.5 Å². The van der Waals surface area contributed by atoms with Gasteiger partial charge in [-0.05, 0) is 49.7 Å². The van der Waals surface area contributed by atoms with Gasteiger partial charge in [0.1, 0.15) is 17.4 Å². The van der Waals surface area contributed by atoms with Crippen LogP contribution in [0.2, 0.25) is 0 Å². The van der Waals surface area contributed by atoms with Gasteiger partial charge in [-0.2, -0.15) is 0 Å². The monoisotopic (exact) mass is 291 g/mol. The van der Waals surface area contributed by atoms with E-state index in [0.29, 0.717) is 17.9 Å². The van der Waals surface area contributed by atoms with E-state index in [4.69, 9.17) is 4.74 Å². The van der Waals surface area contributed by atoms with Crippen LogP contribution in [-0.4, -0.2) is 13.7 Å². The molecule has 0 saturated heterocycles. The predicted molar refractivity (Wildman–Crippen MR) is 79.5 cm³/mol. The van der Waals surface area contributed by atoms with Crippen LogP contribution in [-0.2, 0) is 6.42 Å². The molecule has 0 radical (unpaired) electrons. The highest BCUT2D eigenvalue weighted by Crippen LogP contribution is 2.27. The van der Waals surface area contributed by atoms with Crippen molar-refractivity contribution in [3.05, 3.63) is 65.2 Å². The molecule has 0 heterocycles. The first kappa shape index (κ1) is 15.4. The minimum absolute atomic E-state index is 0.165. The second kappa shape index (κ2) is 7.18. The van der Waals surface area contributed by atoms with Crippen molar-refractivity contribution in [1.82, 2.24) is 5.32 Å². The molecule has 4 heteroatoms. The Balaban J connectivity index is 1.96. The average Bonchev–Trinajstić information content (AvgIpc) is 2.48. The van der Waals surface area contributed by atoms with Crippen molar-refractivity contribution in [2.24, 2.45) is 0 Å². The smallest absolute Gasteiger partial charge is 0.131 e. The molecule has 2 aromatic carbocycles. The molecule has 0 saturated carbocycles. The number of hydrogen-bond donors (Lipinski definition) is 1. The number of halogens is 2. The Hall–Kier alpha value is -1.94. The lowest BCUT2D eigenvalue weighted by molar-refractivity contribution is 0.394. The van der Waals surface area contributed by atoms with E-state index in [9.17, 15) is 8.78 Å². The molecule has 1 atom stereocenters. The summed E-state index contributed by atoms with van der Waals surface area (Å²) in [4.78, 5) is 0. The van der Waals surface area contributed by atoms with Crippen LogP contribution in [0.25, 0.3) is 0 Å². The Morgan fingerprint density at radius 2 is 1.81 bits per heavy atom. The van der Waals surface area contributed by atoms with Crippen LogP contribution < -0.4 is 10.1 Å². The number of benzene rings is 2. The molecule has 2 rings (SSSR count). The van der Waals surface area contributed by atoms with Crippen LogP contribution in [0.4, 0.5) is 8.78 Å². The average molecular weight is 291 g/mol. The lowest BCUT2D eigenvalue weighted by Crippen LogP contribution is -2.22. The fourth-order valence-corrected chi connectivity index (χ4v) is 2.30. The molecule has 0 amide bonds. The van der Waals surface area contributed by atoms with Crippen molar-refractivity contribution in [3.8, 4) is 5.75 Å². The molecule has 0 aliphatic heterocycles. The quantitative estimate of drug-likeness (QED) is 0.872. The van der Waals surface area contributed by atoms with E-state index >= 15 is 0 Å². The largest absolute Gasteiger partial charge is 0.496 e. The minimum atomic E-state index is -0.281. The molecule has 0 aliphatic rings. The summed E-state index contributed by atoms with van der Waals surface area (Å²) in [5, 5.41) is 3.26. The van der Waals surface area contributed by atoms with Crippen molar-refractivity contribution in [2.45, 2.75) is 19.4 Å². The van der Waals surface area contributed by atoms with Gasteiger partial charge < -0.3 is 10.1 Å². The van der Waals surface area contributed by atoms with Gasteiger partial charge in [-0.3, -0.25) is 0 Å². The Morgan fingerprint density at radius 3 is 2.48 bits per heavy atom. The predicted octanol–water partition coefficient (Wildman–Crippen LogP) is 3.87. The van der Waals surface area contributed by atoms with E-state index in [1.807, 2.05) is 6.92 Å². The number of ether oxygens (including phenoxy) is 1. The molecule has 1 unspecified atom stereocenters. The van der Waals surface area contributed by atoms with Gasteiger partial charge in [-0.1, -0.05) is 18.2 Å². The molecule has 0 spiro atoms. The van der Waals surface area contributed by atoms with Gasteiger partial charge in [0.15, 0.2) is 0 Å². The highest BCUT2D eigenvalue weighted by Gasteiger charge is 2.15. The van der Waals surface area contributed by atoms with Gasteiger partial charge in [-0.15, -0.1) is 0 Å². The van der Waals surface area contributed by atoms with E-state index in [2.05, 4.69) is 5.32 Å². The van der Waals surface area contributed by atoms with Crippen LogP contribution >= 0.6 is 0 Å². The SMILES string of the molecule is COc1cccc(F)c1C(C)NCCc1ccc(F)cc1. The number of rotatable bonds is 6. The van der Waals surface area contributed by atoms with Crippen molar-refractivity contribution in [2.75, 3.05) is 13.7 Å². The van der Waals surface area contributed by atoms with Crippen molar-refractivity contribution in [3.63, 3.8) is 0 Å². The zero-order chi connectivity index (χ0) is 15.2. The molecule has 0 fully saturated rings. The third kappa shape index (κ3) is 4.02. The maximum absolute atomic E-state index is 13.9. The third-order valence-corrected chi connectivity index (χ3v) is 3.44. The molecule has 0 bridgehead atoms. The van der Waals surface area contributed by atoms with Gasteiger partial charge in [0.25, 0.3) is 0 Å². The Bertz CT molecular complexity index is 584. The summed E-state index contributed by atoms with van der Waals surface area (Å²) in [6.45, 7) is 2.57. The van der Waals surface area contributed by atoms with Crippen molar-refractivity contribution in [1.29, 1.82) is 0 Å². The number of hydrogen-bond acceptors (Lipinski definition) is 2. The van der Waals surface area contributed by atoms with Gasteiger partial charge in [-0.25, -0.2) is 8.78 Å². The minimum Gasteiger partial charge on any atom is -0.496 e. The van der Waals surface area contributed by atoms with E-state index in [0.717, 1.165) is 12.0 Å². The molecule has 2 nitrogen and oxygen atoms in total. The van der Waals surface area contributed by atoms with Crippen LogP contribution in [0, 0.1) is 11.6 Å². The summed E-state index contributed by atoms with van der Waals surface area (Å²) in [6.07, 6.45) is 0.751. The van der Waals surface area contributed by atoms with E-state index in [1.165, 1.54) is 25.3 Å². The molecular formula is C17H19F2NO. The van der Waals surface area contributed by atoms with Crippen molar-refractivity contribution >= 4 is 0 Å². The lowest BCUT2D eigenvalue weighted by Gasteiger charge is -2.18. The summed E-state index contributed by atoms with van der Waals surface area (Å²) in [7, 11) is 1.53. The lowest BCUT2D eigenvalue weighted by atomic mass is 10.1. The van der Waals surface area contributed by atoms with Gasteiger partial charge in [0.2, 0.25) is 0 Å². The first-order valence-electron chi connectivity index (χ1n) is 6.92. The number of nitrogens with one attached hydrogen (secondary N) is 1. The van der Waals surface area contributed by atoms with Crippen molar-refractivity contribution < 1.29 is 13.5 Å². The summed E-state index contributed by atoms with van der Waals surface area (Å²) >= 11 is 0. The van der Waals surface area contributed by atoms with Gasteiger partial charge >= 0.3 is 0 Å². The van der Waals surface area contributed by atoms with Crippen LogP contribution in [0.1, 0.15) is 24.1 Å². The highest BCUT2D eigenvalue weighted by atomic mass is 19.1. The van der Waals surface area contributed by atoms with E-state index in [1.54, 1.807) is 24.3 Å². The first-order valence-corrected chi connectivity index (χ1v) is 6.92. The van der Waals surface area contributed by atoms with E-state index < -0.39 is 0 Å². The first-order chi connectivity index (χ1) is 10.1. The fraction of sp³-hybridized carbons (Fsp3) is 0.294. The third-order valence-electron chi connectivity index (χ3n) is 3.44. The topological polar surface area (TPSA) is 21.3 Å². The van der Waals surface area contributed by atoms with Gasteiger partial charge in [0.05, 0.1) is 7.11 Å². The zero-order valence-electron chi connectivity index (χ0n) is 12.2. The van der Waals surface area contributed by atoms with Gasteiger partial charge in [0, 0.05) is 11.6 Å². The summed E-state index contributed by atoms with van der Waals surface area (Å²) in [5.41, 5.74) is 1.57. The second-order valence-electron chi connectivity index (χ2n) is 4.91. The maximum Gasteiger partial charge on any atom is 0.131 e. The van der Waals surface area contributed by atoms with E-state index in [-0.39, 0.29) is 17.7 Å². The second-order valence-corrected chi connectivity index (χ2v) is 4.91. The normalized spacial score (nSPS) is 12.2. The Labute approximate surface area is 123 Å². The number of methoxy groups -OCH3 is 1. The molecule has 0 aliphatic carbocycles. The Morgan fingerprint density at radius 1 is 1.10 bits per heavy atom. The highest BCUT2D eigenvalue weighted by molar-refractivity contribution is 5.36. The molecule has 21 heavy (non-hydrogen) atoms. The zero-order valence-corrected chi connectivity index (χ0v) is 12.2. The molecule has 0 aromatic heterocycles. The summed E-state index contributed by atoms with van der Waals surface area (Å²) in [5.74, 6) is 0.0177. The standard InChI is InChI=1S/C17H19F2NO/c1-12(17-15(19)4-3-5-16(17)21-2)20-11-10-13-6-8-14(18)9-7-13/h3-9,12,20H,10-11H2,1-2H3.